The number of carboxylic acid groups (broad SMARTS) is 1. The number of nitrogens with one attached hydrogen (secondary N) is 1. The molecule has 0 radical (unpaired) electrons. The van der Waals surface area contributed by atoms with Gasteiger partial charge in [0.15, 0.2) is 0 Å². The number of benzene rings is 1. The molecule has 104 valence electrons. The normalized spacial score (nSPS) is 12.0. The van der Waals surface area contributed by atoms with Gasteiger partial charge in [0.1, 0.15) is 11.8 Å². The van der Waals surface area contributed by atoms with Crippen molar-refractivity contribution in [1.29, 1.82) is 0 Å². The number of phenols is 1. The SMILES string of the molecule is CC(C)[C@@H](NC(=O)N(C)c1ccc(O)cc1)C(=O)O. The van der Waals surface area contributed by atoms with Gasteiger partial charge >= 0.3 is 12.0 Å². The molecule has 2 amide bonds. The summed E-state index contributed by atoms with van der Waals surface area (Å²) in [5, 5.41) is 20.6. The molecule has 0 saturated heterocycles. The Kier molecular flexibility index (Phi) is 4.74. The summed E-state index contributed by atoms with van der Waals surface area (Å²) in [5.74, 6) is -1.18. The molecule has 19 heavy (non-hydrogen) atoms. The number of hydrogen-bond acceptors (Lipinski definition) is 3. The molecule has 0 fully saturated rings. The summed E-state index contributed by atoms with van der Waals surface area (Å²) in [5.41, 5.74) is 0.559. The van der Waals surface area contributed by atoms with Crippen LogP contribution in [0.15, 0.2) is 24.3 Å². The van der Waals surface area contributed by atoms with E-state index in [0.717, 1.165) is 0 Å². The number of nitrogens with zero attached hydrogens (tertiary/aromatic N) is 1. The van der Waals surface area contributed by atoms with Crippen molar-refractivity contribution < 1.29 is 19.8 Å². The molecule has 0 spiro atoms. The molecule has 0 saturated carbocycles. The molecule has 0 aromatic heterocycles. The molecule has 0 heterocycles. The van der Waals surface area contributed by atoms with E-state index in [2.05, 4.69) is 5.32 Å². The number of aliphatic carboxylic acids is 1. The standard InChI is InChI=1S/C13H18N2O4/c1-8(2)11(12(17)18)14-13(19)15(3)9-4-6-10(16)7-5-9/h4-8,11,16H,1-3H3,(H,14,19)(H,17,18)/t11-/m1/s1. The highest BCUT2D eigenvalue weighted by Gasteiger charge is 2.25. The summed E-state index contributed by atoms with van der Waals surface area (Å²) in [4.78, 5) is 24.2. The van der Waals surface area contributed by atoms with Gasteiger partial charge < -0.3 is 15.5 Å². The fourth-order valence-electron chi connectivity index (χ4n) is 1.54. The zero-order valence-corrected chi connectivity index (χ0v) is 11.1. The van der Waals surface area contributed by atoms with E-state index in [1.807, 2.05) is 0 Å². The Balaban J connectivity index is 2.77. The number of phenolic OH excluding ortho intramolecular Hbond substituents is 1. The molecule has 1 atom stereocenters. The maximum atomic E-state index is 11.9. The van der Waals surface area contributed by atoms with E-state index < -0.39 is 18.0 Å². The van der Waals surface area contributed by atoms with Gasteiger partial charge in [0.2, 0.25) is 0 Å². The molecule has 3 N–H and O–H groups in total. The average molecular weight is 266 g/mol. The van der Waals surface area contributed by atoms with Crippen LogP contribution in [0.5, 0.6) is 5.75 Å². The zero-order valence-electron chi connectivity index (χ0n) is 11.1. The minimum absolute atomic E-state index is 0.100. The number of carbonyl (C=O) groups is 2. The lowest BCUT2D eigenvalue weighted by atomic mass is 10.1. The fourth-order valence-corrected chi connectivity index (χ4v) is 1.54. The summed E-state index contributed by atoms with van der Waals surface area (Å²) in [6.45, 7) is 3.44. The number of carboxylic acids is 1. The lowest BCUT2D eigenvalue weighted by Gasteiger charge is -2.23. The Bertz CT molecular complexity index is 456. The Hall–Kier alpha value is -2.24. The van der Waals surface area contributed by atoms with Crippen LogP contribution >= 0.6 is 0 Å². The number of urea groups is 1. The molecule has 0 aliphatic rings. The first-order chi connectivity index (χ1) is 8.82. The van der Waals surface area contributed by atoms with Crippen molar-refractivity contribution in [3.8, 4) is 5.75 Å². The number of rotatable bonds is 4. The molecular formula is C13H18N2O4. The van der Waals surface area contributed by atoms with Crippen molar-refractivity contribution in [3.05, 3.63) is 24.3 Å². The fraction of sp³-hybridized carbons (Fsp3) is 0.385. The van der Waals surface area contributed by atoms with Gasteiger partial charge in [0, 0.05) is 12.7 Å². The number of anilines is 1. The highest BCUT2D eigenvalue weighted by Crippen LogP contribution is 2.17. The second-order valence-electron chi connectivity index (χ2n) is 4.58. The molecule has 0 unspecified atom stereocenters. The first-order valence-electron chi connectivity index (χ1n) is 5.89. The number of amides is 2. The number of hydrogen-bond donors (Lipinski definition) is 3. The number of carbonyl (C=O) groups excluding carboxylic acids is 1. The maximum absolute atomic E-state index is 11.9. The molecule has 0 aliphatic carbocycles. The Morgan fingerprint density at radius 2 is 1.74 bits per heavy atom. The van der Waals surface area contributed by atoms with Crippen LogP contribution in [0.25, 0.3) is 0 Å². The second kappa shape index (κ2) is 6.08. The van der Waals surface area contributed by atoms with Crippen LogP contribution < -0.4 is 10.2 Å². The van der Waals surface area contributed by atoms with E-state index in [1.165, 1.54) is 24.1 Å². The van der Waals surface area contributed by atoms with Gasteiger partial charge in [-0.15, -0.1) is 0 Å². The number of aromatic hydroxyl groups is 1. The molecule has 0 bridgehead atoms. The summed E-state index contributed by atoms with van der Waals surface area (Å²) in [6, 6.07) is 4.60. The third-order valence-corrected chi connectivity index (χ3v) is 2.75. The van der Waals surface area contributed by atoms with Gasteiger partial charge in [0.25, 0.3) is 0 Å². The third kappa shape index (κ3) is 3.87. The second-order valence-corrected chi connectivity index (χ2v) is 4.58. The largest absolute Gasteiger partial charge is 0.508 e. The summed E-state index contributed by atoms with van der Waals surface area (Å²) >= 11 is 0. The van der Waals surface area contributed by atoms with Crippen molar-refractivity contribution in [2.45, 2.75) is 19.9 Å². The Labute approximate surface area is 111 Å². The molecule has 6 heteroatoms. The molecule has 0 aliphatic heterocycles. The van der Waals surface area contributed by atoms with E-state index in [4.69, 9.17) is 5.11 Å². The molecular weight excluding hydrogens is 248 g/mol. The van der Waals surface area contributed by atoms with Crippen LogP contribution in [0.4, 0.5) is 10.5 Å². The monoisotopic (exact) mass is 266 g/mol. The van der Waals surface area contributed by atoms with Crippen LogP contribution in [0, 0.1) is 5.92 Å². The van der Waals surface area contributed by atoms with Crippen LogP contribution in [-0.4, -0.2) is 35.3 Å². The van der Waals surface area contributed by atoms with Gasteiger partial charge in [-0.1, -0.05) is 13.8 Å². The Morgan fingerprint density at radius 1 is 1.21 bits per heavy atom. The summed E-state index contributed by atoms with van der Waals surface area (Å²) in [7, 11) is 1.53. The van der Waals surface area contributed by atoms with Crippen LogP contribution in [0.1, 0.15) is 13.8 Å². The van der Waals surface area contributed by atoms with E-state index in [9.17, 15) is 14.7 Å². The first kappa shape index (κ1) is 14.8. The quantitative estimate of drug-likeness (QED) is 0.773. The van der Waals surface area contributed by atoms with Crippen molar-refractivity contribution in [1.82, 2.24) is 5.32 Å². The van der Waals surface area contributed by atoms with E-state index in [1.54, 1.807) is 26.0 Å². The van der Waals surface area contributed by atoms with Crippen molar-refractivity contribution in [3.63, 3.8) is 0 Å². The molecule has 1 rings (SSSR count). The minimum atomic E-state index is -1.07. The Morgan fingerprint density at radius 3 is 2.16 bits per heavy atom. The zero-order chi connectivity index (χ0) is 14.6. The van der Waals surface area contributed by atoms with E-state index in [-0.39, 0.29) is 11.7 Å². The van der Waals surface area contributed by atoms with Crippen LogP contribution in [0.3, 0.4) is 0 Å². The van der Waals surface area contributed by atoms with Gasteiger partial charge in [-0.25, -0.2) is 9.59 Å². The van der Waals surface area contributed by atoms with E-state index >= 15 is 0 Å². The molecule has 6 nitrogen and oxygen atoms in total. The van der Waals surface area contributed by atoms with Crippen molar-refractivity contribution in [2.75, 3.05) is 11.9 Å². The maximum Gasteiger partial charge on any atom is 0.326 e. The van der Waals surface area contributed by atoms with Crippen molar-refractivity contribution in [2.24, 2.45) is 5.92 Å². The van der Waals surface area contributed by atoms with E-state index in [0.29, 0.717) is 5.69 Å². The smallest absolute Gasteiger partial charge is 0.326 e. The van der Waals surface area contributed by atoms with Crippen LogP contribution in [0.2, 0.25) is 0 Å². The first-order valence-corrected chi connectivity index (χ1v) is 5.89. The van der Waals surface area contributed by atoms with Gasteiger partial charge in [-0.2, -0.15) is 0 Å². The predicted molar refractivity (Wildman–Crippen MR) is 71.3 cm³/mol. The lowest BCUT2D eigenvalue weighted by Crippen LogP contribution is -2.49. The van der Waals surface area contributed by atoms with Gasteiger partial charge in [-0.3, -0.25) is 4.90 Å². The van der Waals surface area contributed by atoms with Gasteiger partial charge in [0.05, 0.1) is 0 Å². The third-order valence-electron chi connectivity index (χ3n) is 2.75. The molecule has 1 aromatic carbocycles. The summed E-state index contributed by atoms with van der Waals surface area (Å²) in [6.07, 6.45) is 0. The highest BCUT2D eigenvalue weighted by atomic mass is 16.4. The topological polar surface area (TPSA) is 89.9 Å². The molecule has 1 aromatic rings. The predicted octanol–water partition coefficient (Wildman–Crippen LogP) is 1.65. The lowest BCUT2D eigenvalue weighted by molar-refractivity contribution is -0.140. The average Bonchev–Trinajstić information content (AvgIpc) is 2.34. The van der Waals surface area contributed by atoms with Crippen LogP contribution in [-0.2, 0) is 4.79 Å². The van der Waals surface area contributed by atoms with Gasteiger partial charge in [-0.05, 0) is 30.2 Å². The van der Waals surface area contributed by atoms with Crippen molar-refractivity contribution >= 4 is 17.7 Å². The highest BCUT2D eigenvalue weighted by molar-refractivity contribution is 5.94. The minimum Gasteiger partial charge on any atom is -0.508 e. The summed E-state index contributed by atoms with van der Waals surface area (Å²) < 4.78 is 0.